The summed E-state index contributed by atoms with van der Waals surface area (Å²) in [6, 6.07) is 15.7. The van der Waals surface area contributed by atoms with Crippen LogP contribution >= 0.6 is 0 Å². The lowest BCUT2D eigenvalue weighted by Gasteiger charge is -2.36. The number of rotatable bonds is 5. The van der Waals surface area contributed by atoms with E-state index in [0.29, 0.717) is 29.7 Å². The Hall–Kier alpha value is -3.74. The number of hydrogen-bond acceptors (Lipinski definition) is 4. The zero-order valence-electron chi connectivity index (χ0n) is 18.7. The molecule has 0 unspecified atom stereocenters. The van der Waals surface area contributed by atoms with E-state index in [1.807, 2.05) is 35.2 Å². The average molecular weight is 443 g/mol. The van der Waals surface area contributed by atoms with E-state index in [1.165, 1.54) is 10.9 Å². The molecule has 168 valence electrons. The molecule has 1 aliphatic carbocycles. The van der Waals surface area contributed by atoms with Crippen LogP contribution in [0.5, 0.6) is 11.5 Å². The first kappa shape index (κ1) is 19.9. The van der Waals surface area contributed by atoms with Crippen LogP contribution in [0.1, 0.15) is 57.8 Å². The number of ether oxygens (including phenoxy) is 2. The predicted octanol–water partition coefficient (Wildman–Crippen LogP) is 4.57. The van der Waals surface area contributed by atoms with Gasteiger partial charge in [0.15, 0.2) is 11.5 Å². The van der Waals surface area contributed by atoms with Crippen LogP contribution < -0.4 is 9.47 Å². The molecule has 2 N–H and O–H groups in total. The first-order chi connectivity index (χ1) is 16.2. The lowest BCUT2D eigenvalue weighted by Crippen LogP contribution is -2.41. The first-order valence-corrected chi connectivity index (χ1v) is 11.4. The number of carbonyl (C=O) groups is 1. The van der Waals surface area contributed by atoms with Gasteiger partial charge in [-0.1, -0.05) is 30.3 Å². The Morgan fingerprint density at radius 3 is 2.73 bits per heavy atom. The minimum Gasteiger partial charge on any atom is -0.493 e. The number of para-hydroxylation sites is 2. The van der Waals surface area contributed by atoms with Crippen molar-refractivity contribution in [1.29, 1.82) is 0 Å². The molecule has 2 aromatic heterocycles. The van der Waals surface area contributed by atoms with Gasteiger partial charge in [0.2, 0.25) is 0 Å². The zero-order valence-corrected chi connectivity index (χ0v) is 18.7. The van der Waals surface area contributed by atoms with Crippen LogP contribution in [-0.4, -0.2) is 46.8 Å². The minimum absolute atomic E-state index is 0.0858. The van der Waals surface area contributed by atoms with Crippen molar-refractivity contribution >= 4 is 16.8 Å². The topological polar surface area (TPSA) is 83.2 Å². The number of nitrogens with one attached hydrogen (secondary N) is 2. The van der Waals surface area contributed by atoms with Crippen LogP contribution in [0.15, 0.2) is 48.5 Å². The predicted molar refractivity (Wildman–Crippen MR) is 125 cm³/mol. The van der Waals surface area contributed by atoms with E-state index in [-0.39, 0.29) is 11.9 Å². The molecular weight excluding hydrogens is 416 g/mol. The van der Waals surface area contributed by atoms with Gasteiger partial charge in [-0.3, -0.25) is 9.89 Å². The summed E-state index contributed by atoms with van der Waals surface area (Å²) in [6.45, 7) is 0.588. The molecule has 0 spiro atoms. The van der Waals surface area contributed by atoms with Crippen molar-refractivity contribution in [3.63, 3.8) is 0 Å². The fraction of sp³-hybridized carbons (Fsp3) is 0.308. The lowest BCUT2D eigenvalue weighted by molar-refractivity contribution is 0.0683. The van der Waals surface area contributed by atoms with E-state index >= 15 is 0 Å². The Balaban J connectivity index is 1.51. The molecule has 7 heteroatoms. The minimum atomic E-state index is -0.347. The van der Waals surface area contributed by atoms with Gasteiger partial charge in [0.05, 0.1) is 14.2 Å². The third-order valence-corrected chi connectivity index (χ3v) is 6.86. The Bertz CT molecular complexity index is 1350. The Kier molecular flexibility index (Phi) is 4.64. The standard InChI is InChI=1S/C26H26N4O3/c1-32-22-9-5-7-18(25(22)33-2)24-23-17(16-6-3-4-8-19(16)27-23)12-13-30(24)26(31)21-14-20(28-29-21)15-10-11-15/h3-9,14-15,24,27H,10-13H2,1-2H3,(H,28,29)/t24-/m0/s1. The number of aromatic nitrogens is 3. The highest BCUT2D eigenvalue weighted by atomic mass is 16.5. The summed E-state index contributed by atoms with van der Waals surface area (Å²) in [5.74, 6) is 1.70. The molecule has 7 nitrogen and oxygen atoms in total. The van der Waals surface area contributed by atoms with Crippen molar-refractivity contribution in [1.82, 2.24) is 20.1 Å². The van der Waals surface area contributed by atoms with Crippen LogP contribution in [0.3, 0.4) is 0 Å². The van der Waals surface area contributed by atoms with Crippen molar-refractivity contribution < 1.29 is 14.3 Å². The highest BCUT2D eigenvalue weighted by molar-refractivity contribution is 5.94. The van der Waals surface area contributed by atoms with Crippen LogP contribution in [-0.2, 0) is 6.42 Å². The molecular formula is C26H26N4O3. The van der Waals surface area contributed by atoms with Crippen LogP contribution in [0.25, 0.3) is 10.9 Å². The second kappa shape index (κ2) is 7.69. The number of carbonyl (C=O) groups excluding carboxylic acids is 1. The van der Waals surface area contributed by atoms with Crippen molar-refractivity contribution in [2.45, 2.75) is 31.2 Å². The number of methoxy groups -OCH3 is 2. The maximum absolute atomic E-state index is 13.8. The summed E-state index contributed by atoms with van der Waals surface area (Å²) >= 11 is 0. The van der Waals surface area contributed by atoms with Crippen LogP contribution in [0.2, 0.25) is 0 Å². The smallest absolute Gasteiger partial charge is 0.275 e. The number of hydrogen-bond donors (Lipinski definition) is 2. The molecule has 0 bridgehead atoms. The Morgan fingerprint density at radius 1 is 1.09 bits per heavy atom. The van der Waals surface area contributed by atoms with Crippen molar-refractivity contribution in [2.75, 3.05) is 20.8 Å². The monoisotopic (exact) mass is 442 g/mol. The van der Waals surface area contributed by atoms with Gasteiger partial charge in [0, 0.05) is 40.3 Å². The maximum Gasteiger partial charge on any atom is 0.275 e. The third-order valence-electron chi connectivity index (χ3n) is 6.86. The normalized spacial score (nSPS) is 17.8. The molecule has 1 aliphatic heterocycles. The fourth-order valence-electron chi connectivity index (χ4n) is 5.11. The van der Waals surface area contributed by atoms with Gasteiger partial charge in [0.25, 0.3) is 5.91 Å². The van der Waals surface area contributed by atoms with Crippen LogP contribution in [0, 0.1) is 0 Å². The number of benzene rings is 2. The van der Waals surface area contributed by atoms with E-state index in [1.54, 1.807) is 14.2 Å². The molecule has 1 amide bonds. The first-order valence-electron chi connectivity index (χ1n) is 11.4. The molecule has 6 rings (SSSR count). The van der Waals surface area contributed by atoms with Crippen LogP contribution in [0.4, 0.5) is 0 Å². The highest BCUT2D eigenvalue weighted by Crippen LogP contribution is 2.45. The van der Waals surface area contributed by atoms with Gasteiger partial charge in [-0.2, -0.15) is 5.10 Å². The maximum atomic E-state index is 13.8. The quantitative estimate of drug-likeness (QED) is 0.474. The highest BCUT2D eigenvalue weighted by Gasteiger charge is 2.38. The Morgan fingerprint density at radius 2 is 1.94 bits per heavy atom. The van der Waals surface area contributed by atoms with Gasteiger partial charge in [-0.15, -0.1) is 0 Å². The van der Waals surface area contributed by atoms with Gasteiger partial charge < -0.3 is 19.4 Å². The van der Waals surface area contributed by atoms with Crippen molar-refractivity contribution in [3.8, 4) is 11.5 Å². The summed E-state index contributed by atoms with van der Waals surface area (Å²) in [7, 11) is 3.26. The molecule has 1 saturated carbocycles. The van der Waals surface area contributed by atoms with E-state index in [9.17, 15) is 4.79 Å². The van der Waals surface area contributed by atoms with Gasteiger partial charge in [-0.05, 0) is 43.0 Å². The molecule has 0 radical (unpaired) electrons. The molecule has 4 aromatic rings. The second-order valence-corrected chi connectivity index (χ2v) is 8.78. The molecule has 0 saturated heterocycles. The number of nitrogens with zero attached hydrogens (tertiary/aromatic N) is 2. The average Bonchev–Trinajstić information content (AvgIpc) is 3.46. The zero-order chi connectivity index (χ0) is 22.5. The summed E-state index contributed by atoms with van der Waals surface area (Å²) < 4.78 is 11.4. The number of fused-ring (bicyclic) bond motifs is 3. The van der Waals surface area contributed by atoms with E-state index in [2.05, 4.69) is 33.4 Å². The molecule has 33 heavy (non-hydrogen) atoms. The van der Waals surface area contributed by atoms with E-state index < -0.39 is 0 Å². The molecule has 1 atom stereocenters. The van der Waals surface area contributed by atoms with Gasteiger partial charge in [0.1, 0.15) is 11.7 Å². The van der Waals surface area contributed by atoms with Crippen molar-refractivity contribution in [2.24, 2.45) is 0 Å². The molecule has 1 fully saturated rings. The number of aromatic amines is 2. The number of H-pyrrole nitrogens is 2. The van der Waals surface area contributed by atoms with Crippen molar-refractivity contribution in [3.05, 3.63) is 76.7 Å². The van der Waals surface area contributed by atoms with E-state index in [0.717, 1.165) is 41.7 Å². The largest absolute Gasteiger partial charge is 0.493 e. The molecule has 2 aromatic carbocycles. The summed E-state index contributed by atoms with van der Waals surface area (Å²) in [5.41, 5.74) is 5.72. The second-order valence-electron chi connectivity index (χ2n) is 8.78. The number of amides is 1. The lowest BCUT2D eigenvalue weighted by atomic mass is 9.91. The fourth-order valence-corrected chi connectivity index (χ4v) is 5.11. The molecule has 3 heterocycles. The SMILES string of the molecule is COc1cccc([C@H]2c3[nH]c4ccccc4c3CCN2C(=O)c2cc(C3CC3)[nH]n2)c1OC. The van der Waals surface area contributed by atoms with Gasteiger partial charge in [-0.25, -0.2) is 0 Å². The summed E-state index contributed by atoms with van der Waals surface area (Å²) in [5, 5.41) is 8.64. The third kappa shape index (κ3) is 3.18. The molecule has 2 aliphatic rings. The Labute approximate surface area is 191 Å². The summed E-state index contributed by atoms with van der Waals surface area (Å²) in [6.07, 6.45) is 3.08. The van der Waals surface area contributed by atoms with Gasteiger partial charge >= 0.3 is 0 Å². The summed E-state index contributed by atoms with van der Waals surface area (Å²) in [4.78, 5) is 19.3. The van der Waals surface area contributed by atoms with E-state index in [4.69, 9.17) is 9.47 Å².